The van der Waals surface area contributed by atoms with Gasteiger partial charge in [-0.2, -0.15) is 4.98 Å². The molecule has 0 spiro atoms. The van der Waals surface area contributed by atoms with E-state index in [-0.39, 0.29) is 42.8 Å². The van der Waals surface area contributed by atoms with E-state index in [0.717, 1.165) is 17.7 Å². The molecule has 1 saturated carbocycles. The van der Waals surface area contributed by atoms with E-state index in [1.54, 1.807) is 6.92 Å². The first-order valence-electron chi connectivity index (χ1n) is 11.1. The molecule has 2 fully saturated rings. The minimum absolute atomic E-state index is 0.0868. The van der Waals surface area contributed by atoms with E-state index in [4.69, 9.17) is 4.52 Å². The zero-order chi connectivity index (χ0) is 22.8. The van der Waals surface area contributed by atoms with Crippen LogP contribution in [0.4, 0.5) is 10.5 Å². The van der Waals surface area contributed by atoms with Gasteiger partial charge >= 0.3 is 6.03 Å². The van der Waals surface area contributed by atoms with Crippen molar-refractivity contribution in [1.29, 1.82) is 0 Å². The van der Waals surface area contributed by atoms with E-state index in [1.807, 2.05) is 24.3 Å². The number of benzene rings is 1. The summed E-state index contributed by atoms with van der Waals surface area (Å²) < 4.78 is 5.12. The standard InChI is InChI=1S/C23H29N5O4/c1-14(2)16-8-10-17(11-9-16)25-20(29)12-27-19-7-5-4-6-18(19)22(30)28(23(27)31)13-21-24-15(3)26-32-21/h8-11,14,18-19H,4-7,12-13H2,1-3H3,(H,25,29). The summed E-state index contributed by atoms with van der Waals surface area (Å²) in [6.07, 6.45) is 3.27. The van der Waals surface area contributed by atoms with Crippen LogP contribution >= 0.6 is 0 Å². The monoisotopic (exact) mass is 439 g/mol. The van der Waals surface area contributed by atoms with Crippen molar-refractivity contribution in [2.45, 2.75) is 65.0 Å². The number of hydrogen-bond acceptors (Lipinski definition) is 6. The molecule has 2 unspecified atom stereocenters. The van der Waals surface area contributed by atoms with E-state index in [2.05, 4.69) is 29.3 Å². The average Bonchev–Trinajstić information content (AvgIpc) is 3.19. The number of rotatable bonds is 6. The summed E-state index contributed by atoms with van der Waals surface area (Å²) in [7, 11) is 0. The molecule has 9 heteroatoms. The number of hydrogen-bond donors (Lipinski definition) is 1. The number of nitrogens with one attached hydrogen (secondary N) is 1. The molecule has 1 aliphatic carbocycles. The summed E-state index contributed by atoms with van der Waals surface area (Å²) in [6.45, 7) is 5.70. The molecule has 2 aromatic rings. The third-order valence-electron chi connectivity index (χ3n) is 6.23. The van der Waals surface area contributed by atoms with E-state index in [9.17, 15) is 14.4 Å². The van der Waals surface area contributed by atoms with Crippen LogP contribution in [0.1, 0.15) is 62.7 Å². The second-order valence-electron chi connectivity index (χ2n) is 8.85. The number of carbonyl (C=O) groups is 3. The van der Waals surface area contributed by atoms with Gasteiger partial charge in [0.25, 0.3) is 0 Å². The molecule has 2 aliphatic rings. The molecule has 1 aromatic carbocycles. The first kappa shape index (κ1) is 22.0. The number of carbonyl (C=O) groups excluding carboxylic acids is 3. The van der Waals surface area contributed by atoms with E-state index in [0.29, 0.717) is 30.3 Å². The number of anilines is 1. The quantitative estimate of drug-likeness (QED) is 0.738. The van der Waals surface area contributed by atoms with Crippen molar-refractivity contribution in [2.75, 3.05) is 11.9 Å². The van der Waals surface area contributed by atoms with Gasteiger partial charge in [0.2, 0.25) is 17.7 Å². The summed E-state index contributed by atoms with van der Waals surface area (Å²) in [6, 6.07) is 6.94. The van der Waals surface area contributed by atoms with Crippen molar-refractivity contribution in [3.63, 3.8) is 0 Å². The molecule has 4 amide bonds. The van der Waals surface area contributed by atoms with Crippen molar-refractivity contribution < 1.29 is 18.9 Å². The Morgan fingerprint density at radius 2 is 1.91 bits per heavy atom. The predicted molar refractivity (Wildman–Crippen MR) is 117 cm³/mol. The molecule has 32 heavy (non-hydrogen) atoms. The van der Waals surface area contributed by atoms with Crippen LogP contribution in [0.2, 0.25) is 0 Å². The first-order chi connectivity index (χ1) is 15.3. The van der Waals surface area contributed by atoms with Crippen LogP contribution in [0, 0.1) is 12.8 Å². The van der Waals surface area contributed by atoms with Gasteiger partial charge in [0.1, 0.15) is 13.1 Å². The highest BCUT2D eigenvalue weighted by Crippen LogP contribution is 2.35. The lowest BCUT2D eigenvalue weighted by Gasteiger charge is -2.46. The van der Waals surface area contributed by atoms with Gasteiger partial charge in [0.15, 0.2) is 5.82 Å². The molecule has 1 saturated heterocycles. The molecule has 2 heterocycles. The lowest BCUT2D eigenvalue weighted by Crippen LogP contribution is -2.63. The molecule has 1 aromatic heterocycles. The van der Waals surface area contributed by atoms with Gasteiger partial charge in [-0.25, -0.2) is 4.79 Å². The number of amides is 4. The Morgan fingerprint density at radius 3 is 2.56 bits per heavy atom. The molecule has 2 atom stereocenters. The van der Waals surface area contributed by atoms with Gasteiger partial charge in [-0.3, -0.25) is 14.5 Å². The second kappa shape index (κ2) is 9.10. The SMILES string of the molecule is Cc1noc(CN2C(=O)C3CCCCC3N(CC(=O)Nc3ccc(C(C)C)cc3)C2=O)n1. The van der Waals surface area contributed by atoms with Crippen molar-refractivity contribution in [2.24, 2.45) is 5.92 Å². The van der Waals surface area contributed by atoms with E-state index < -0.39 is 6.03 Å². The summed E-state index contributed by atoms with van der Waals surface area (Å²) in [4.78, 5) is 46.0. The molecular formula is C23H29N5O4. The minimum atomic E-state index is -0.487. The van der Waals surface area contributed by atoms with Crippen LogP contribution in [0.5, 0.6) is 0 Å². The number of urea groups is 1. The minimum Gasteiger partial charge on any atom is -0.337 e. The fourth-order valence-electron chi connectivity index (χ4n) is 4.54. The topological polar surface area (TPSA) is 109 Å². The number of aryl methyl sites for hydroxylation is 1. The smallest absolute Gasteiger partial charge is 0.327 e. The maximum Gasteiger partial charge on any atom is 0.327 e. The summed E-state index contributed by atoms with van der Waals surface area (Å²) in [5, 5.41) is 6.61. The Morgan fingerprint density at radius 1 is 1.19 bits per heavy atom. The number of nitrogens with zero attached hydrogens (tertiary/aromatic N) is 4. The van der Waals surface area contributed by atoms with Gasteiger partial charge in [-0.05, 0) is 43.4 Å². The van der Waals surface area contributed by atoms with Gasteiger partial charge in [0.05, 0.1) is 5.92 Å². The molecule has 1 aliphatic heterocycles. The Bertz CT molecular complexity index is 1000. The molecule has 9 nitrogen and oxygen atoms in total. The lowest BCUT2D eigenvalue weighted by atomic mass is 9.81. The van der Waals surface area contributed by atoms with Crippen molar-refractivity contribution >= 4 is 23.5 Å². The number of aromatic nitrogens is 2. The van der Waals surface area contributed by atoms with E-state index in [1.165, 1.54) is 10.5 Å². The van der Waals surface area contributed by atoms with Gasteiger partial charge < -0.3 is 14.7 Å². The molecule has 170 valence electrons. The highest BCUT2D eigenvalue weighted by atomic mass is 16.5. The third-order valence-corrected chi connectivity index (χ3v) is 6.23. The molecule has 0 bridgehead atoms. The average molecular weight is 440 g/mol. The number of imide groups is 1. The zero-order valence-corrected chi connectivity index (χ0v) is 18.7. The Kier molecular flexibility index (Phi) is 6.25. The summed E-state index contributed by atoms with van der Waals surface area (Å²) in [5.74, 6) is 0.211. The molecular weight excluding hydrogens is 410 g/mol. The molecule has 1 N–H and O–H groups in total. The molecule has 4 rings (SSSR count). The van der Waals surface area contributed by atoms with Gasteiger partial charge in [0, 0.05) is 11.7 Å². The van der Waals surface area contributed by atoms with Crippen LogP contribution in [-0.4, -0.2) is 50.4 Å². The van der Waals surface area contributed by atoms with Gasteiger partial charge in [-0.15, -0.1) is 0 Å². The van der Waals surface area contributed by atoms with Gasteiger partial charge in [-0.1, -0.05) is 44.0 Å². The fourth-order valence-corrected chi connectivity index (χ4v) is 4.54. The van der Waals surface area contributed by atoms with Crippen molar-refractivity contribution in [3.05, 3.63) is 41.5 Å². The highest BCUT2D eigenvalue weighted by Gasteiger charge is 2.47. The van der Waals surface area contributed by atoms with Crippen LogP contribution < -0.4 is 5.32 Å². The Balaban J connectivity index is 1.50. The van der Waals surface area contributed by atoms with Crippen LogP contribution in [-0.2, 0) is 16.1 Å². The van der Waals surface area contributed by atoms with E-state index >= 15 is 0 Å². The molecule has 0 radical (unpaired) electrons. The van der Waals surface area contributed by atoms with Crippen LogP contribution in [0.15, 0.2) is 28.8 Å². The number of fused-ring (bicyclic) bond motifs is 1. The summed E-state index contributed by atoms with van der Waals surface area (Å²) in [5.41, 5.74) is 1.86. The highest BCUT2D eigenvalue weighted by molar-refractivity contribution is 6.01. The fraction of sp³-hybridized carbons (Fsp3) is 0.522. The van der Waals surface area contributed by atoms with Crippen molar-refractivity contribution in [1.82, 2.24) is 19.9 Å². The maximum atomic E-state index is 13.3. The second-order valence-corrected chi connectivity index (χ2v) is 8.85. The first-order valence-corrected chi connectivity index (χ1v) is 11.1. The van der Waals surface area contributed by atoms with Crippen LogP contribution in [0.3, 0.4) is 0 Å². The maximum absolute atomic E-state index is 13.3. The third kappa shape index (κ3) is 4.51. The summed E-state index contributed by atoms with van der Waals surface area (Å²) >= 11 is 0. The van der Waals surface area contributed by atoms with Crippen molar-refractivity contribution in [3.8, 4) is 0 Å². The Labute approximate surface area is 187 Å². The van der Waals surface area contributed by atoms with Crippen LogP contribution in [0.25, 0.3) is 0 Å². The predicted octanol–water partition coefficient (Wildman–Crippen LogP) is 3.46. The Hall–Kier alpha value is -3.23. The normalized spacial score (nSPS) is 21.1. The lowest BCUT2D eigenvalue weighted by molar-refractivity contribution is -0.142. The zero-order valence-electron chi connectivity index (χ0n) is 18.7. The largest absolute Gasteiger partial charge is 0.337 e.